The van der Waals surface area contributed by atoms with Crippen LogP contribution < -0.4 is 0 Å². The van der Waals surface area contributed by atoms with E-state index in [2.05, 4.69) is 15.9 Å². The van der Waals surface area contributed by atoms with Crippen LogP contribution in [0.3, 0.4) is 0 Å². The van der Waals surface area contributed by atoms with Gasteiger partial charge in [-0.1, -0.05) is 22.0 Å². The zero-order valence-corrected chi connectivity index (χ0v) is 11.3. The lowest BCUT2D eigenvalue weighted by Crippen LogP contribution is -2.02. The van der Waals surface area contributed by atoms with Gasteiger partial charge in [0.2, 0.25) is 0 Å². The number of carboxylic acid groups (broad SMARTS) is 1. The number of hydrogen-bond acceptors (Lipinski definition) is 2. The molecule has 0 saturated heterocycles. The third-order valence-corrected chi connectivity index (χ3v) is 3.03. The van der Waals surface area contributed by atoms with Gasteiger partial charge in [-0.25, -0.2) is 0 Å². The summed E-state index contributed by atoms with van der Waals surface area (Å²) >= 11 is 3.35. The van der Waals surface area contributed by atoms with Gasteiger partial charge in [-0.2, -0.15) is 0 Å². The molecular formula is C13H15BrO3. The first-order valence-electron chi connectivity index (χ1n) is 5.52. The van der Waals surface area contributed by atoms with E-state index >= 15 is 0 Å². The number of hydrogen-bond donors (Lipinski definition) is 1. The van der Waals surface area contributed by atoms with E-state index in [1.54, 1.807) is 6.07 Å². The quantitative estimate of drug-likeness (QED) is 0.645. The summed E-state index contributed by atoms with van der Waals surface area (Å²) in [5.41, 5.74) is 1.67. The molecule has 0 spiro atoms. The van der Waals surface area contributed by atoms with Gasteiger partial charge in [0.15, 0.2) is 5.78 Å². The van der Waals surface area contributed by atoms with E-state index in [4.69, 9.17) is 5.11 Å². The average Bonchev–Trinajstić information content (AvgIpc) is 2.23. The van der Waals surface area contributed by atoms with Gasteiger partial charge in [0.1, 0.15) is 0 Å². The molecule has 0 aromatic heterocycles. The number of carbonyl (C=O) groups is 2. The van der Waals surface area contributed by atoms with Gasteiger partial charge in [-0.05, 0) is 37.5 Å². The lowest BCUT2D eigenvalue weighted by molar-refractivity contribution is -0.137. The van der Waals surface area contributed by atoms with Gasteiger partial charge in [0.05, 0.1) is 0 Å². The number of Topliss-reactive ketones (excluding diaryl/α,β-unsaturated/α-hetero) is 1. The topological polar surface area (TPSA) is 54.4 Å². The maximum absolute atomic E-state index is 11.9. The number of rotatable bonds is 6. The number of halogens is 1. The number of benzene rings is 1. The van der Waals surface area contributed by atoms with Crippen molar-refractivity contribution in [3.8, 4) is 0 Å². The summed E-state index contributed by atoms with van der Waals surface area (Å²) in [4.78, 5) is 22.2. The van der Waals surface area contributed by atoms with Gasteiger partial charge in [-0.15, -0.1) is 0 Å². The second-order valence-electron chi connectivity index (χ2n) is 3.98. The molecule has 0 fully saturated rings. The first-order chi connectivity index (χ1) is 8.00. The van der Waals surface area contributed by atoms with Crippen molar-refractivity contribution in [2.45, 2.75) is 32.6 Å². The van der Waals surface area contributed by atoms with Crippen LogP contribution in [0.1, 0.15) is 41.6 Å². The maximum atomic E-state index is 11.9. The Bertz CT molecular complexity index is 427. The molecule has 3 nitrogen and oxygen atoms in total. The van der Waals surface area contributed by atoms with Crippen molar-refractivity contribution in [2.75, 3.05) is 0 Å². The molecule has 0 aliphatic heterocycles. The molecule has 0 heterocycles. The van der Waals surface area contributed by atoms with Crippen molar-refractivity contribution >= 4 is 27.7 Å². The van der Waals surface area contributed by atoms with Gasteiger partial charge < -0.3 is 5.11 Å². The summed E-state index contributed by atoms with van der Waals surface area (Å²) < 4.78 is 0.956. The molecule has 0 bridgehead atoms. The Hall–Kier alpha value is -1.16. The van der Waals surface area contributed by atoms with Crippen molar-refractivity contribution < 1.29 is 14.7 Å². The first kappa shape index (κ1) is 13.9. The van der Waals surface area contributed by atoms with Gasteiger partial charge in [-0.3, -0.25) is 9.59 Å². The summed E-state index contributed by atoms with van der Waals surface area (Å²) in [6.07, 6.45) is 1.72. The Labute approximate surface area is 109 Å². The summed E-state index contributed by atoms with van der Waals surface area (Å²) in [7, 11) is 0. The van der Waals surface area contributed by atoms with Crippen molar-refractivity contribution in [3.05, 3.63) is 33.8 Å². The summed E-state index contributed by atoms with van der Waals surface area (Å²) in [6.45, 7) is 1.90. The fourth-order valence-electron chi connectivity index (χ4n) is 1.64. The highest BCUT2D eigenvalue weighted by molar-refractivity contribution is 9.10. The molecule has 0 aliphatic carbocycles. The Morgan fingerprint density at radius 2 is 1.88 bits per heavy atom. The van der Waals surface area contributed by atoms with E-state index < -0.39 is 5.97 Å². The summed E-state index contributed by atoms with van der Waals surface area (Å²) in [5.74, 6) is -0.724. The van der Waals surface area contributed by atoms with Gasteiger partial charge >= 0.3 is 5.97 Å². The second kappa shape index (κ2) is 6.55. The van der Waals surface area contributed by atoms with Crippen molar-refractivity contribution in [2.24, 2.45) is 0 Å². The van der Waals surface area contributed by atoms with Crippen LogP contribution in [0.2, 0.25) is 0 Å². The van der Waals surface area contributed by atoms with Crippen LogP contribution in [-0.4, -0.2) is 16.9 Å². The lowest BCUT2D eigenvalue weighted by Gasteiger charge is -2.05. The van der Waals surface area contributed by atoms with E-state index in [0.29, 0.717) is 19.3 Å². The predicted molar refractivity (Wildman–Crippen MR) is 69.3 cm³/mol. The SMILES string of the molecule is Cc1cc(Br)ccc1C(=O)CCCCC(=O)O. The highest BCUT2D eigenvalue weighted by Gasteiger charge is 2.09. The number of aryl methyl sites for hydroxylation is 1. The van der Waals surface area contributed by atoms with E-state index in [9.17, 15) is 9.59 Å². The molecule has 4 heteroatoms. The van der Waals surface area contributed by atoms with Crippen LogP contribution in [0.5, 0.6) is 0 Å². The Morgan fingerprint density at radius 1 is 1.24 bits per heavy atom. The average molecular weight is 299 g/mol. The van der Waals surface area contributed by atoms with Crippen LogP contribution in [0, 0.1) is 6.92 Å². The van der Waals surface area contributed by atoms with E-state index in [0.717, 1.165) is 15.6 Å². The Kier molecular flexibility index (Phi) is 5.35. The number of carbonyl (C=O) groups excluding carboxylic acids is 1. The van der Waals surface area contributed by atoms with Gasteiger partial charge in [0.25, 0.3) is 0 Å². The zero-order valence-electron chi connectivity index (χ0n) is 9.70. The maximum Gasteiger partial charge on any atom is 0.303 e. The fraction of sp³-hybridized carbons (Fsp3) is 0.385. The second-order valence-corrected chi connectivity index (χ2v) is 4.90. The highest BCUT2D eigenvalue weighted by atomic mass is 79.9. The number of ketones is 1. The minimum atomic E-state index is -0.808. The molecule has 0 unspecified atom stereocenters. The van der Waals surface area contributed by atoms with Crippen molar-refractivity contribution in [1.82, 2.24) is 0 Å². The Balaban J connectivity index is 2.50. The smallest absolute Gasteiger partial charge is 0.303 e. The third kappa shape index (κ3) is 4.69. The van der Waals surface area contributed by atoms with Crippen LogP contribution in [0.4, 0.5) is 0 Å². The minimum Gasteiger partial charge on any atom is -0.481 e. The molecule has 0 saturated carbocycles. The molecule has 0 radical (unpaired) electrons. The van der Waals surface area contributed by atoms with E-state index in [1.165, 1.54) is 0 Å². The standard InChI is InChI=1S/C13H15BrO3/c1-9-8-10(14)6-7-11(9)12(15)4-2-3-5-13(16)17/h6-8H,2-5H2,1H3,(H,16,17). The van der Waals surface area contributed by atoms with E-state index in [-0.39, 0.29) is 12.2 Å². The van der Waals surface area contributed by atoms with Gasteiger partial charge in [0, 0.05) is 22.9 Å². The predicted octanol–water partition coefficient (Wildman–Crippen LogP) is 3.59. The number of aliphatic carboxylic acids is 1. The molecule has 0 atom stereocenters. The molecule has 92 valence electrons. The summed E-state index contributed by atoms with van der Waals surface area (Å²) in [6, 6.07) is 5.56. The van der Waals surface area contributed by atoms with Crippen LogP contribution in [0.25, 0.3) is 0 Å². The minimum absolute atomic E-state index is 0.0837. The van der Waals surface area contributed by atoms with Crippen molar-refractivity contribution in [1.29, 1.82) is 0 Å². The Morgan fingerprint density at radius 3 is 2.47 bits per heavy atom. The fourth-order valence-corrected chi connectivity index (χ4v) is 2.11. The van der Waals surface area contributed by atoms with Crippen LogP contribution >= 0.6 is 15.9 Å². The van der Waals surface area contributed by atoms with Crippen LogP contribution in [-0.2, 0) is 4.79 Å². The lowest BCUT2D eigenvalue weighted by atomic mass is 10.0. The monoisotopic (exact) mass is 298 g/mol. The number of unbranched alkanes of at least 4 members (excludes halogenated alkanes) is 1. The molecule has 1 N–H and O–H groups in total. The number of carboxylic acids is 1. The summed E-state index contributed by atoms with van der Waals surface area (Å²) in [5, 5.41) is 8.48. The molecule has 17 heavy (non-hydrogen) atoms. The molecule has 1 aromatic carbocycles. The van der Waals surface area contributed by atoms with Crippen molar-refractivity contribution in [3.63, 3.8) is 0 Å². The molecule has 0 aliphatic rings. The largest absolute Gasteiger partial charge is 0.481 e. The highest BCUT2D eigenvalue weighted by Crippen LogP contribution is 2.18. The molecule has 1 rings (SSSR count). The molecular weight excluding hydrogens is 284 g/mol. The molecule has 1 aromatic rings. The normalized spacial score (nSPS) is 10.2. The van der Waals surface area contributed by atoms with E-state index in [1.807, 2.05) is 19.1 Å². The molecule has 0 amide bonds. The van der Waals surface area contributed by atoms with Crippen LogP contribution in [0.15, 0.2) is 22.7 Å². The zero-order chi connectivity index (χ0) is 12.8. The third-order valence-electron chi connectivity index (χ3n) is 2.53. The first-order valence-corrected chi connectivity index (χ1v) is 6.31.